The van der Waals surface area contributed by atoms with Crippen molar-refractivity contribution in [1.29, 1.82) is 0 Å². The molecule has 1 saturated heterocycles. The van der Waals surface area contributed by atoms with Gasteiger partial charge in [-0.25, -0.2) is 9.78 Å². The molecule has 2 heterocycles. The molecule has 0 unspecified atom stereocenters. The minimum absolute atomic E-state index is 0.187. The van der Waals surface area contributed by atoms with E-state index in [1.54, 1.807) is 17.2 Å². The number of aromatic carboxylic acids is 1. The zero-order valence-electron chi connectivity index (χ0n) is 8.13. The van der Waals surface area contributed by atoms with Gasteiger partial charge in [-0.05, 0) is 18.6 Å². The van der Waals surface area contributed by atoms with Gasteiger partial charge in [-0.3, -0.25) is 0 Å². The Morgan fingerprint density at radius 3 is 3.00 bits per heavy atom. The smallest absolute Gasteiger partial charge is 0.339 e. The average molecular weight is 208 g/mol. The highest BCUT2D eigenvalue weighted by molar-refractivity contribution is 5.93. The van der Waals surface area contributed by atoms with Crippen LogP contribution in [0.1, 0.15) is 16.8 Å². The number of rotatable bonds is 2. The second kappa shape index (κ2) is 3.86. The lowest BCUT2D eigenvalue weighted by atomic mass is 10.2. The van der Waals surface area contributed by atoms with Crippen LogP contribution in [0.15, 0.2) is 18.3 Å². The van der Waals surface area contributed by atoms with Gasteiger partial charge in [-0.1, -0.05) is 0 Å². The van der Waals surface area contributed by atoms with Crippen LogP contribution in [0.2, 0.25) is 0 Å². The minimum Gasteiger partial charge on any atom is -0.478 e. The molecule has 15 heavy (non-hydrogen) atoms. The number of carboxylic acid groups (broad SMARTS) is 1. The highest BCUT2D eigenvalue weighted by atomic mass is 16.4. The number of aliphatic hydroxyl groups is 1. The Bertz CT molecular complexity index is 381. The van der Waals surface area contributed by atoms with Gasteiger partial charge in [0.05, 0.1) is 6.10 Å². The van der Waals surface area contributed by atoms with Crippen LogP contribution in [0, 0.1) is 0 Å². The second-order valence-corrected chi connectivity index (χ2v) is 3.57. The molecule has 80 valence electrons. The van der Waals surface area contributed by atoms with Crippen molar-refractivity contribution in [2.45, 2.75) is 12.5 Å². The van der Waals surface area contributed by atoms with Gasteiger partial charge in [-0.2, -0.15) is 0 Å². The Hall–Kier alpha value is -1.62. The Labute approximate surface area is 87.0 Å². The standard InChI is InChI=1S/C10H12N2O3/c13-7-3-5-12(6-7)9-8(10(14)15)2-1-4-11-9/h1-2,4,7,13H,3,5-6H2,(H,14,15)/t7-/m0/s1. The molecule has 1 aromatic rings. The maximum absolute atomic E-state index is 10.9. The topological polar surface area (TPSA) is 73.7 Å². The van der Waals surface area contributed by atoms with Gasteiger partial charge in [0.1, 0.15) is 11.4 Å². The number of aliphatic hydroxyl groups excluding tert-OH is 1. The number of nitrogens with zero attached hydrogens (tertiary/aromatic N) is 2. The van der Waals surface area contributed by atoms with Gasteiger partial charge in [0, 0.05) is 19.3 Å². The Balaban J connectivity index is 2.31. The van der Waals surface area contributed by atoms with Gasteiger partial charge in [-0.15, -0.1) is 0 Å². The Morgan fingerprint density at radius 2 is 2.40 bits per heavy atom. The van der Waals surface area contributed by atoms with Crippen LogP contribution in [0.5, 0.6) is 0 Å². The molecule has 1 fully saturated rings. The summed E-state index contributed by atoms with van der Waals surface area (Å²) in [6, 6.07) is 3.12. The number of carboxylic acids is 1. The summed E-state index contributed by atoms with van der Waals surface area (Å²) in [6.45, 7) is 1.11. The van der Waals surface area contributed by atoms with Crippen LogP contribution >= 0.6 is 0 Å². The first-order valence-electron chi connectivity index (χ1n) is 4.80. The van der Waals surface area contributed by atoms with Crippen molar-refractivity contribution >= 4 is 11.8 Å². The number of hydrogen-bond acceptors (Lipinski definition) is 4. The van der Waals surface area contributed by atoms with E-state index in [0.29, 0.717) is 25.3 Å². The van der Waals surface area contributed by atoms with E-state index in [0.717, 1.165) is 0 Å². The van der Waals surface area contributed by atoms with Crippen LogP contribution in [-0.2, 0) is 0 Å². The molecule has 2 N–H and O–H groups in total. The van der Waals surface area contributed by atoms with Crippen molar-refractivity contribution in [2.24, 2.45) is 0 Å². The molecule has 2 rings (SSSR count). The van der Waals surface area contributed by atoms with Gasteiger partial charge < -0.3 is 15.1 Å². The van der Waals surface area contributed by atoms with Crippen molar-refractivity contribution in [3.8, 4) is 0 Å². The van der Waals surface area contributed by atoms with Crippen molar-refractivity contribution in [2.75, 3.05) is 18.0 Å². The third-order valence-electron chi connectivity index (χ3n) is 2.48. The molecule has 5 heteroatoms. The highest BCUT2D eigenvalue weighted by Gasteiger charge is 2.24. The number of β-amino-alcohol motifs (C(OH)–C–C–N with tert-alkyl or cyclic N) is 1. The van der Waals surface area contributed by atoms with E-state index in [4.69, 9.17) is 5.11 Å². The molecule has 0 amide bonds. The van der Waals surface area contributed by atoms with E-state index in [9.17, 15) is 9.90 Å². The number of pyridine rings is 1. The molecule has 0 spiro atoms. The van der Waals surface area contributed by atoms with E-state index < -0.39 is 5.97 Å². The van der Waals surface area contributed by atoms with Crippen LogP contribution in [0.25, 0.3) is 0 Å². The fraction of sp³-hybridized carbons (Fsp3) is 0.400. The van der Waals surface area contributed by atoms with E-state index >= 15 is 0 Å². The highest BCUT2D eigenvalue weighted by Crippen LogP contribution is 2.21. The van der Waals surface area contributed by atoms with Crippen LogP contribution in [-0.4, -0.2) is 40.4 Å². The molecule has 1 aliphatic rings. The normalized spacial score (nSPS) is 20.6. The maximum Gasteiger partial charge on any atom is 0.339 e. The van der Waals surface area contributed by atoms with E-state index in [2.05, 4.69) is 4.98 Å². The summed E-state index contributed by atoms with van der Waals surface area (Å²) in [7, 11) is 0. The first kappa shape index (κ1) is 9.92. The van der Waals surface area contributed by atoms with E-state index in [1.165, 1.54) is 6.07 Å². The van der Waals surface area contributed by atoms with Crippen molar-refractivity contribution in [3.63, 3.8) is 0 Å². The third kappa shape index (κ3) is 1.92. The van der Waals surface area contributed by atoms with Gasteiger partial charge >= 0.3 is 5.97 Å². The van der Waals surface area contributed by atoms with E-state index in [1.807, 2.05) is 0 Å². The number of carbonyl (C=O) groups is 1. The molecular formula is C10H12N2O3. The minimum atomic E-state index is -0.987. The van der Waals surface area contributed by atoms with E-state index in [-0.39, 0.29) is 11.7 Å². The molecule has 0 bridgehead atoms. The monoisotopic (exact) mass is 208 g/mol. The van der Waals surface area contributed by atoms with Crippen molar-refractivity contribution in [3.05, 3.63) is 23.9 Å². The number of aromatic nitrogens is 1. The second-order valence-electron chi connectivity index (χ2n) is 3.57. The molecule has 0 aliphatic carbocycles. The summed E-state index contributed by atoms with van der Waals surface area (Å²) in [5, 5.41) is 18.3. The predicted octanol–water partition coefficient (Wildman–Crippen LogP) is 0.351. The molecular weight excluding hydrogens is 196 g/mol. The molecule has 5 nitrogen and oxygen atoms in total. The van der Waals surface area contributed by atoms with Crippen LogP contribution < -0.4 is 4.90 Å². The lowest BCUT2D eigenvalue weighted by molar-refractivity contribution is 0.0697. The zero-order valence-corrected chi connectivity index (χ0v) is 8.13. The Morgan fingerprint density at radius 1 is 1.60 bits per heavy atom. The molecule has 0 radical (unpaired) electrons. The van der Waals surface area contributed by atoms with Crippen molar-refractivity contribution in [1.82, 2.24) is 4.98 Å². The largest absolute Gasteiger partial charge is 0.478 e. The average Bonchev–Trinajstić information content (AvgIpc) is 2.65. The molecule has 1 atom stereocenters. The molecule has 0 saturated carbocycles. The van der Waals surface area contributed by atoms with Gasteiger partial charge in [0.15, 0.2) is 0 Å². The summed E-state index contributed by atoms with van der Waals surface area (Å²) < 4.78 is 0. The summed E-state index contributed by atoms with van der Waals surface area (Å²) in [6.07, 6.45) is 1.84. The first-order chi connectivity index (χ1) is 7.18. The van der Waals surface area contributed by atoms with Crippen LogP contribution in [0.3, 0.4) is 0 Å². The predicted molar refractivity (Wildman–Crippen MR) is 54.0 cm³/mol. The molecule has 1 aliphatic heterocycles. The summed E-state index contributed by atoms with van der Waals surface area (Å²) >= 11 is 0. The fourth-order valence-electron chi connectivity index (χ4n) is 1.75. The van der Waals surface area contributed by atoms with Gasteiger partial charge in [0.25, 0.3) is 0 Å². The van der Waals surface area contributed by atoms with Crippen molar-refractivity contribution < 1.29 is 15.0 Å². The fourth-order valence-corrected chi connectivity index (χ4v) is 1.75. The molecule has 1 aromatic heterocycles. The number of hydrogen-bond donors (Lipinski definition) is 2. The quantitative estimate of drug-likeness (QED) is 0.733. The SMILES string of the molecule is O=C(O)c1cccnc1N1CC[C@H](O)C1. The van der Waals surface area contributed by atoms with Crippen LogP contribution in [0.4, 0.5) is 5.82 Å². The zero-order chi connectivity index (χ0) is 10.8. The number of anilines is 1. The Kier molecular flexibility index (Phi) is 2.55. The summed E-state index contributed by atoms with van der Waals surface area (Å²) in [5.74, 6) is -0.541. The third-order valence-corrected chi connectivity index (χ3v) is 2.48. The lowest BCUT2D eigenvalue weighted by Crippen LogP contribution is -2.24. The lowest BCUT2D eigenvalue weighted by Gasteiger charge is -2.18. The summed E-state index contributed by atoms with van der Waals surface area (Å²) in [4.78, 5) is 16.8. The first-order valence-corrected chi connectivity index (χ1v) is 4.80. The molecule has 0 aromatic carbocycles. The summed E-state index contributed by atoms with van der Waals surface area (Å²) in [5.41, 5.74) is 0.187. The van der Waals surface area contributed by atoms with Gasteiger partial charge in [0.2, 0.25) is 0 Å². The maximum atomic E-state index is 10.9.